The first-order chi connectivity index (χ1) is 15.7. The summed E-state index contributed by atoms with van der Waals surface area (Å²) in [5, 5.41) is 9.07. The van der Waals surface area contributed by atoms with Crippen LogP contribution in [0.3, 0.4) is 0 Å². The summed E-state index contributed by atoms with van der Waals surface area (Å²) < 4.78 is 12.2. The Labute approximate surface area is 188 Å². The fourth-order valence-corrected chi connectivity index (χ4v) is 3.77. The van der Waals surface area contributed by atoms with E-state index < -0.39 is 5.97 Å². The van der Waals surface area contributed by atoms with Crippen molar-refractivity contribution in [2.24, 2.45) is 0 Å². The molecule has 0 aromatic heterocycles. The minimum Gasteiger partial charge on any atom is -0.489 e. The molecule has 0 radical (unpaired) electrons. The van der Waals surface area contributed by atoms with Gasteiger partial charge in [0.25, 0.3) is 0 Å². The van der Waals surface area contributed by atoms with Gasteiger partial charge in [-0.3, -0.25) is 9.69 Å². The summed E-state index contributed by atoms with van der Waals surface area (Å²) in [4.78, 5) is 15.2. The number of aliphatic carboxylic acids is 1. The number of carboxylic acids is 1. The molecule has 0 atom stereocenters. The zero-order valence-electron chi connectivity index (χ0n) is 18.0. The Morgan fingerprint density at radius 1 is 0.781 bits per heavy atom. The lowest BCUT2D eigenvalue weighted by Gasteiger charge is -2.36. The zero-order chi connectivity index (χ0) is 22.2. The quantitative estimate of drug-likeness (QED) is 0.550. The maximum Gasteiger partial charge on any atom is 0.317 e. The van der Waals surface area contributed by atoms with Crippen molar-refractivity contribution in [2.75, 3.05) is 37.6 Å². The highest BCUT2D eigenvalue weighted by Crippen LogP contribution is 2.34. The van der Waals surface area contributed by atoms with Crippen LogP contribution in [0, 0.1) is 0 Å². The van der Waals surface area contributed by atoms with E-state index in [4.69, 9.17) is 14.6 Å². The molecule has 0 bridgehead atoms. The molecule has 1 N–H and O–H groups in total. The summed E-state index contributed by atoms with van der Waals surface area (Å²) >= 11 is 0. The third-order valence-electron chi connectivity index (χ3n) is 5.49. The van der Waals surface area contributed by atoms with Crippen LogP contribution in [0.2, 0.25) is 0 Å². The van der Waals surface area contributed by atoms with Crippen molar-refractivity contribution in [2.45, 2.75) is 13.2 Å². The molecule has 0 unspecified atom stereocenters. The van der Waals surface area contributed by atoms with Crippen molar-refractivity contribution in [3.05, 3.63) is 90.0 Å². The molecule has 1 heterocycles. The molecule has 1 saturated heterocycles. The van der Waals surface area contributed by atoms with E-state index in [1.54, 1.807) is 0 Å². The standard InChI is InChI=1S/C26H28N2O4/c29-26(30)18-27-13-15-28(16-14-27)24-17-23(31-19-21-7-3-1-4-8-21)11-12-25(24)32-20-22-9-5-2-6-10-22/h1-12,17H,13-16,18-20H2,(H,29,30). The number of carbonyl (C=O) groups is 1. The monoisotopic (exact) mass is 432 g/mol. The summed E-state index contributed by atoms with van der Waals surface area (Å²) in [6.45, 7) is 3.91. The average molecular weight is 433 g/mol. The topological polar surface area (TPSA) is 62.2 Å². The molecule has 3 aromatic carbocycles. The van der Waals surface area contributed by atoms with Gasteiger partial charge < -0.3 is 19.5 Å². The minimum atomic E-state index is -0.790. The van der Waals surface area contributed by atoms with Crippen LogP contribution >= 0.6 is 0 Å². The Kier molecular flexibility index (Phi) is 7.25. The number of nitrogens with zero attached hydrogens (tertiary/aromatic N) is 2. The second-order valence-corrected chi connectivity index (χ2v) is 7.84. The molecular weight excluding hydrogens is 404 g/mol. The van der Waals surface area contributed by atoms with E-state index in [1.807, 2.05) is 83.8 Å². The molecule has 32 heavy (non-hydrogen) atoms. The number of ether oxygens (including phenoxy) is 2. The molecule has 4 rings (SSSR count). The van der Waals surface area contributed by atoms with Crippen molar-refractivity contribution >= 4 is 11.7 Å². The van der Waals surface area contributed by atoms with Crippen molar-refractivity contribution in [1.82, 2.24) is 4.90 Å². The molecule has 0 spiro atoms. The lowest BCUT2D eigenvalue weighted by molar-refractivity contribution is -0.138. The number of rotatable bonds is 9. The van der Waals surface area contributed by atoms with Gasteiger partial charge in [0.2, 0.25) is 0 Å². The van der Waals surface area contributed by atoms with Crippen LogP contribution in [-0.2, 0) is 18.0 Å². The number of piperazine rings is 1. The minimum absolute atomic E-state index is 0.0748. The SMILES string of the molecule is O=C(O)CN1CCN(c2cc(OCc3ccccc3)ccc2OCc2ccccc2)CC1. The van der Waals surface area contributed by atoms with Gasteiger partial charge in [0.05, 0.1) is 12.2 Å². The molecule has 6 heteroatoms. The summed E-state index contributed by atoms with van der Waals surface area (Å²) in [7, 11) is 0. The summed E-state index contributed by atoms with van der Waals surface area (Å²) in [6.07, 6.45) is 0. The van der Waals surface area contributed by atoms with Gasteiger partial charge in [-0.25, -0.2) is 0 Å². The average Bonchev–Trinajstić information content (AvgIpc) is 2.83. The van der Waals surface area contributed by atoms with Crippen LogP contribution in [0.25, 0.3) is 0 Å². The summed E-state index contributed by atoms with van der Waals surface area (Å²) in [5.74, 6) is 0.790. The number of hydrogen-bond acceptors (Lipinski definition) is 5. The summed E-state index contributed by atoms with van der Waals surface area (Å²) in [6, 6.07) is 26.1. The van der Waals surface area contributed by atoms with Gasteiger partial charge in [0, 0.05) is 32.2 Å². The van der Waals surface area contributed by atoms with Crippen LogP contribution in [0.15, 0.2) is 78.9 Å². The first-order valence-electron chi connectivity index (χ1n) is 10.8. The molecule has 0 amide bonds. The van der Waals surface area contributed by atoms with Crippen LogP contribution in [0.5, 0.6) is 11.5 Å². The maximum absolute atomic E-state index is 11.0. The number of carboxylic acid groups (broad SMARTS) is 1. The van der Waals surface area contributed by atoms with Crippen LogP contribution in [-0.4, -0.2) is 48.7 Å². The van der Waals surface area contributed by atoms with Gasteiger partial charge in [0.1, 0.15) is 24.7 Å². The summed E-state index contributed by atoms with van der Waals surface area (Å²) in [5.41, 5.74) is 3.19. The fourth-order valence-electron chi connectivity index (χ4n) is 3.77. The van der Waals surface area contributed by atoms with Crippen LogP contribution in [0.4, 0.5) is 5.69 Å². The normalized spacial score (nSPS) is 14.2. The predicted octanol–water partition coefficient (Wildman–Crippen LogP) is 4.05. The van der Waals surface area contributed by atoms with Crippen molar-refractivity contribution in [3.63, 3.8) is 0 Å². The van der Waals surface area contributed by atoms with E-state index in [0.29, 0.717) is 26.3 Å². The van der Waals surface area contributed by atoms with Gasteiger partial charge in [-0.15, -0.1) is 0 Å². The number of hydrogen-bond donors (Lipinski definition) is 1. The van der Waals surface area contributed by atoms with Gasteiger partial charge in [0.15, 0.2) is 0 Å². The Morgan fingerprint density at radius 3 is 1.97 bits per heavy atom. The van der Waals surface area contributed by atoms with Crippen LogP contribution in [0.1, 0.15) is 11.1 Å². The smallest absolute Gasteiger partial charge is 0.317 e. The van der Waals surface area contributed by atoms with Crippen molar-refractivity contribution in [3.8, 4) is 11.5 Å². The van der Waals surface area contributed by atoms with E-state index in [-0.39, 0.29) is 6.54 Å². The molecule has 1 aliphatic heterocycles. The van der Waals surface area contributed by atoms with Crippen LogP contribution < -0.4 is 14.4 Å². The van der Waals surface area contributed by atoms with Crippen molar-refractivity contribution in [1.29, 1.82) is 0 Å². The van der Waals surface area contributed by atoms with Crippen molar-refractivity contribution < 1.29 is 19.4 Å². The van der Waals surface area contributed by atoms with E-state index in [2.05, 4.69) is 4.90 Å². The van der Waals surface area contributed by atoms with Gasteiger partial charge in [-0.2, -0.15) is 0 Å². The molecule has 3 aromatic rings. The molecule has 1 aliphatic rings. The number of benzene rings is 3. The van der Waals surface area contributed by atoms with E-state index >= 15 is 0 Å². The van der Waals surface area contributed by atoms with E-state index in [0.717, 1.165) is 41.4 Å². The first kappa shape index (κ1) is 21.7. The van der Waals surface area contributed by atoms with Gasteiger partial charge in [-0.05, 0) is 23.3 Å². The second-order valence-electron chi connectivity index (χ2n) is 7.84. The Balaban J connectivity index is 1.49. The third kappa shape index (κ3) is 6.02. The molecular formula is C26H28N2O4. The maximum atomic E-state index is 11.0. The van der Waals surface area contributed by atoms with E-state index in [1.165, 1.54) is 0 Å². The first-order valence-corrected chi connectivity index (χ1v) is 10.8. The second kappa shape index (κ2) is 10.7. The largest absolute Gasteiger partial charge is 0.489 e. The Bertz CT molecular complexity index is 1000. The third-order valence-corrected chi connectivity index (χ3v) is 5.49. The van der Waals surface area contributed by atoms with Gasteiger partial charge in [-0.1, -0.05) is 60.7 Å². The zero-order valence-corrected chi connectivity index (χ0v) is 18.0. The molecule has 166 valence electrons. The highest BCUT2D eigenvalue weighted by Gasteiger charge is 2.22. The highest BCUT2D eigenvalue weighted by atomic mass is 16.5. The number of anilines is 1. The molecule has 6 nitrogen and oxygen atoms in total. The Morgan fingerprint density at radius 2 is 1.38 bits per heavy atom. The fraction of sp³-hybridized carbons (Fsp3) is 0.269. The molecule has 0 aliphatic carbocycles. The lowest BCUT2D eigenvalue weighted by atomic mass is 10.2. The predicted molar refractivity (Wildman–Crippen MR) is 124 cm³/mol. The highest BCUT2D eigenvalue weighted by molar-refractivity contribution is 5.69. The molecule has 1 fully saturated rings. The lowest BCUT2D eigenvalue weighted by Crippen LogP contribution is -2.48. The Hall–Kier alpha value is -3.51. The van der Waals surface area contributed by atoms with E-state index in [9.17, 15) is 4.79 Å². The molecule has 0 saturated carbocycles. The van der Waals surface area contributed by atoms with Gasteiger partial charge >= 0.3 is 5.97 Å².